The van der Waals surface area contributed by atoms with E-state index in [0.29, 0.717) is 10.7 Å². The van der Waals surface area contributed by atoms with E-state index in [4.69, 9.17) is 11.6 Å². The number of carbonyl (C=O) groups is 2. The van der Waals surface area contributed by atoms with Crippen LogP contribution in [0, 0.1) is 11.8 Å². The summed E-state index contributed by atoms with van der Waals surface area (Å²) in [4.78, 5) is 28.5. The van der Waals surface area contributed by atoms with E-state index in [0.717, 1.165) is 18.2 Å². The number of nitrogens with zero attached hydrogens (tertiary/aromatic N) is 3. The molecule has 0 saturated carbocycles. The number of halogens is 4. The second kappa shape index (κ2) is 8.48. The molecule has 4 unspecified atom stereocenters. The first-order chi connectivity index (χ1) is 13.2. The van der Waals surface area contributed by atoms with Gasteiger partial charge in [-0.1, -0.05) is 11.6 Å². The number of anilines is 1. The molecule has 2 heterocycles. The Morgan fingerprint density at radius 3 is 2.57 bits per heavy atom. The van der Waals surface area contributed by atoms with Crippen molar-refractivity contribution < 1.29 is 22.8 Å². The highest BCUT2D eigenvalue weighted by Crippen LogP contribution is 2.33. The van der Waals surface area contributed by atoms with Crippen molar-refractivity contribution in [2.75, 3.05) is 11.9 Å². The van der Waals surface area contributed by atoms with Gasteiger partial charge in [-0.3, -0.25) is 14.6 Å². The highest BCUT2D eigenvalue weighted by atomic mass is 35.5. The molecular weight excluding hydrogens is 419 g/mol. The van der Waals surface area contributed by atoms with Crippen molar-refractivity contribution in [1.29, 1.82) is 0 Å². The maximum absolute atomic E-state index is 12.9. The summed E-state index contributed by atoms with van der Waals surface area (Å²) in [6.45, 7) is -0.0360. The predicted octanol–water partition coefficient (Wildman–Crippen LogP) is 3.47. The van der Waals surface area contributed by atoms with E-state index in [2.05, 4.69) is 25.3 Å². The maximum atomic E-state index is 12.9. The van der Waals surface area contributed by atoms with Crippen LogP contribution in [0.2, 0.25) is 5.02 Å². The molecule has 0 saturated heterocycles. The Hall–Kier alpha value is -2.14. The van der Waals surface area contributed by atoms with Gasteiger partial charge in [-0.05, 0) is 30.7 Å². The summed E-state index contributed by atoms with van der Waals surface area (Å²) in [5, 5.41) is 8.70. The van der Waals surface area contributed by atoms with Gasteiger partial charge in [0.2, 0.25) is 5.91 Å². The van der Waals surface area contributed by atoms with Crippen LogP contribution in [0.4, 0.5) is 18.9 Å². The number of carbonyl (C=O) groups excluding carboxylic acids is 2. The second-order valence-corrected chi connectivity index (χ2v) is 7.59. The van der Waals surface area contributed by atoms with Gasteiger partial charge in [0.05, 0.1) is 18.4 Å². The van der Waals surface area contributed by atoms with Crippen molar-refractivity contribution in [2.45, 2.75) is 24.0 Å². The average Bonchev–Trinajstić information content (AvgIpc) is 3.11. The van der Waals surface area contributed by atoms with Crippen LogP contribution in [0.25, 0.3) is 0 Å². The Morgan fingerprint density at radius 2 is 1.89 bits per heavy atom. The Balaban J connectivity index is 1.59. The number of alkyl halides is 3. The van der Waals surface area contributed by atoms with E-state index in [1.165, 1.54) is 0 Å². The number of benzene rings is 1. The number of aliphatic imine (C=N–C) groups is 1. The van der Waals surface area contributed by atoms with E-state index < -0.39 is 41.2 Å². The first-order valence-electron chi connectivity index (χ1n) is 8.23. The maximum Gasteiger partial charge on any atom is 0.396 e. The summed E-state index contributed by atoms with van der Waals surface area (Å²) >= 11 is 6.66. The SMILES string of the molecule is O=C(NC1SN=NC1C(=O)Nc1ccc(Cl)cc1)C1CN=CC(C(F)(F)F)C1. The number of rotatable bonds is 4. The van der Waals surface area contributed by atoms with Crippen molar-refractivity contribution in [2.24, 2.45) is 26.5 Å². The minimum Gasteiger partial charge on any atom is -0.340 e. The third kappa shape index (κ3) is 5.02. The second-order valence-electron chi connectivity index (χ2n) is 6.27. The first kappa shape index (κ1) is 20.6. The van der Waals surface area contributed by atoms with Gasteiger partial charge in [-0.25, -0.2) is 0 Å². The fraction of sp³-hybridized carbons (Fsp3) is 0.438. The van der Waals surface area contributed by atoms with Gasteiger partial charge in [-0.15, -0.1) is 4.52 Å². The lowest BCUT2D eigenvalue weighted by molar-refractivity contribution is -0.160. The molecule has 3 rings (SSSR count). The standard InChI is InChI=1S/C16H15ClF3N5O2S/c17-10-1-3-11(4-2-10)22-14(27)12-15(28-25-24-12)23-13(26)8-5-9(7-21-6-8)16(18,19)20/h1-4,7-9,12,15H,5-6H2,(H,22,27)(H,23,26). The molecule has 0 bridgehead atoms. The minimum absolute atomic E-state index is 0.0360. The Bertz CT molecular complexity index is 802. The van der Waals surface area contributed by atoms with Gasteiger partial charge in [0.25, 0.3) is 5.91 Å². The van der Waals surface area contributed by atoms with Crippen molar-refractivity contribution in [3.8, 4) is 0 Å². The van der Waals surface area contributed by atoms with Gasteiger partial charge in [-0.2, -0.15) is 18.3 Å². The fourth-order valence-corrected chi connectivity index (χ4v) is 3.56. The number of nitrogens with one attached hydrogen (secondary N) is 2. The molecular formula is C16H15ClF3N5O2S. The lowest BCUT2D eigenvalue weighted by Gasteiger charge is -2.26. The molecule has 0 aliphatic carbocycles. The zero-order chi connectivity index (χ0) is 20.3. The van der Waals surface area contributed by atoms with Crippen molar-refractivity contribution in [1.82, 2.24) is 5.32 Å². The Kier molecular flexibility index (Phi) is 6.23. The number of hydrogen-bond acceptors (Lipinski definition) is 6. The van der Waals surface area contributed by atoms with Gasteiger partial charge in [0.1, 0.15) is 5.37 Å². The molecule has 2 N–H and O–H groups in total. The van der Waals surface area contributed by atoms with Crippen LogP contribution < -0.4 is 10.6 Å². The molecule has 0 radical (unpaired) electrons. The lowest BCUT2D eigenvalue weighted by Crippen LogP contribution is -2.47. The molecule has 1 aromatic rings. The summed E-state index contributed by atoms with van der Waals surface area (Å²) < 4.78 is 42.3. The van der Waals surface area contributed by atoms with Crippen LogP contribution in [0.1, 0.15) is 6.42 Å². The monoisotopic (exact) mass is 433 g/mol. The molecule has 7 nitrogen and oxygen atoms in total. The molecule has 0 spiro atoms. The van der Waals surface area contributed by atoms with Gasteiger partial charge < -0.3 is 10.6 Å². The topological polar surface area (TPSA) is 95.3 Å². The third-order valence-electron chi connectivity index (χ3n) is 4.22. The quantitative estimate of drug-likeness (QED) is 0.712. The zero-order valence-electron chi connectivity index (χ0n) is 14.2. The van der Waals surface area contributed by atoms with Crippen LogP contribution in [-0.2, 0) is 9.59 Å². The molecule has 150 valence electrons. The summed E-state index contributed by atoms with van der Waals surface area (Å²) in [5.74, 6) is -3.80. The molecule has 2 amide bonds. The van der Waals surface area contributed by atoms with E-state index in [9.17, 15) is 22.8 Å². The molecule has 1 aromatic carbocycles. The summed E-state index contributed by atoms with van der Waals surface area (Å²) in [5.41, 5.74) is 0.487. The predicted molar refractivity (Wildman–Crippen MR) is 99.3 cm³/mol. The van der Waals surface area contributed by atoms with E-state index in [-0.39, 0.29) is 13.0 Å². The lowest BCUT2D eigenvalue weighted by atomic mass is 9.91. The van der Waals surface area contributed by atoms with E-state index in [1.54, 1.807) is 24.3 Å². The van der Waals surface area contributed by atoms with Crippen molar-refractivity contribution in [3.63, 3.8) is 0 Å². The van der Waals surface area contributed by atoms with Gasteiger partial charge in [0, 0.05) is 28.9 Å². The molecule has 28 heavy (non-hydrogen) atoms. The zero-order valence-corrected chi connectivity index (χ0v) is 15.8. The van der Waals surface area contributed by atoms with Crippen LogP contribution in [0.3, 0.4) is 0 Å². The number of hydrogen-bond donors (Lipinski definition) is 2. The van der Waals surface area contributed by atoms with Crippen LogP contribution in [0.5, 0.6) is 0 Å². The molecule has 12 heteroatoms. The first-order valence-corrected chi connectivity index (χ1v) is 9.45. The normalized spacial score (nSPS) is 26.9. The number of amides is 2. The molecule has 0 aromatic heterocycles. The Morgan fingerprint density at radius 1 is 1.18 bits per heavy atom. The molecule has 0 fully saturated rings. The summed E-state index contributed by atoms with van der Waals surface area (Å²) in [6.07, 6.45) is -4.00. The van der Waals surface area contributed by atoms with Crippen LogP contribution in [0.15, 0.2) is 38.9 Å². The summed E-state index contributed by atoms with van der Waals surface area (Å²) in [6, 6.07) is 5.40. The largest absolute Gasteiger partial charge is 0.396 e. The third-order valence-corrected chi connectivity index (χ3v) is 5.27. The van der Waals surface area contributed by atoms with Crippen molar-refractivity contribution >= 4 is 47.3 Å². The smallest absolute Gasteiger partial charge is 0.340 e. The summed E-state index contributed by atoms with van der Waals surface area (Å²) in [7, 11) is 0. The highest BCUT2D eigenvalue weighted by molar-refractivity contribution is 7.98. The molecule has 2 aliphatic heterocycles. The average molecular weight is 434 g/mol. The highest BCUT2D eigenvalue weighted by Gasteiger charge is 2.43. The van der Waals surface area contributed by atoms with Crippen molar-refractivity contribution in [3.05, 3.63) is 29.3 Å². The van der Waals surface area contributed by atoms with E-state index >= 15 is 0 Å². The molecule has 4 atom stereocenters. The van der Waals surface area contributed by atoms with E-state index in [1.807, 2.05) is 0 Å². The van der Waals surface area contributed by atoms with Crippen LogP contribution in [-0.4, -0.2) is 42.2 Å². The Labute approximate surface area is 167 Å². The van der Waals surface area contributed by atoms with Gasteiger partial charge in [0.15, 0.2) is 6.04 Å². The van der Waals surface area contributed by atoms with Gasteiger partial charge >= 0.3 is 6.18 Å². The molecule has 2 aliphatic rings. The minimum atomic E-state index is -4.45. The fourth-order valence-electron chi connectivity index (χ4n) is 2.72. The van der Waals surface area contributed by atoms with Crippen LogP contribution >= 0.6 is 23.5 Å².